The number of phenols is 1. The first-order valence-electron chi connectivity index (χ1n) is 8.20. The number of fused-ring (bicyclic) bond motifs is 1. The van der Waals surface area contributed by atoms with Crippen LogP contribution in [-0.2, 0) is 10.0 Å². The third kappa shape index (κ3) is 3.61. The van der Waals surface area contributed by atoms with Crippen molar-refractivity contribution in [1.82, 2.24) is 0 Å². The Bertz CT molecular complexity index is 1140. The van der Waals surface area contributed by atoms with Gasteiger partial charge >= 0.3 is 0 Å². The highest BCUT2D eigenvalue weighted by molar-refractivity contribution is 9.10. The van der Waals surface area contributed by atoms with Gasteiger partial charge in [-0.3, -0.25) is 0 Å². The van der Waals surface area contributed by atoms with Crippen molar-refractivity contribution in [3.63, 3.8) is 0 Å². The third-order valence-corrected chi connectivity index (χ3v) is 5.93. The van der Waals surface area contributed by atoms with Crippen LogP contribution in [0.15, 0.2) is 46.9 Å². The molecule has 0 amide bonds. The van der Waals surface area contributed by atoms with Crippen molar-refractivity contribution in [2.45, 2.75) is 13.8 Å². The fourth-order valence-electron chi connectivity index (χ4n) is 3.16. The van der Waals surface area contributed by atoms with Crippen LogP contribution in [0.3, 0.4) is 0 Å². The van der Waals surface area contributed by atoms with E-state index in [0.717, 1.165) is 27.2 Å². The highest BCUT2D eigenvalue weighted by Crippen LogP contribution is 2.43. The second-order valence-corrected chi connectivity index (χ2v) is 9.18. The van der Waals surface area contributed by atoms with Crippen LogP contribution in [0.5, 0.6) is 11.5 Å². The summed E-state index contributed by atoms with van der Waals surface area (Å²) in [6.07, 6.45) is 1.13. The number of hydrogen-bond donors (Lipinski definition) is 1. The average molecular weight is 450 g/mol. The molecule has 27 heavy (non-hydrogen) atoms. The quantitative estimate of drug-likeness (QED) is 0.606. The smallest absolute Gasteiger partial charge is 0.236 e. The number of phenolic OH excluding ortho intramolecular Hbond substituents is 1. The lowest BCUT2D eigenvalue weighted by atomic mass is 10.1. The molecule has 0 bridgehead atoms. The van der Waals surface area contributed by atoms with E-state index in [1.165, 1.54) is 10.4 Å². The first-order chi connectivity index (χ1) is 12.6. The number of hydrogen-bond acceptors (Lipinski definition) is 4. The molecule has 1 N–H and O–H groups in total. The van der Waals surface area contributed by atoms with Gasteiger partial charge in [-0.05, 0) is 60.7 Å². The average Bonchev–Trinajstić information content (AvgIpc) is 2.58. The Morgan fingerprint density at radius 2 is 1.74 bits per heavy atom. The van der Waals surface area contributed by atoms with E-state index in [1.54, 1.807) is 31.4 Å². The molecule has 142 valence electrons. The van der Waals surface area contributed by atoms with Gasteiger partial charge in [-0.1, -0.05) is 28.1 Å². The normalized spacial score (nSPS) is 11.6. The summed E-state index contributed by atoms with van der Waals surface area (Å²) in [5, 5.41) is 12.0. The van der Waals surface area contributed by atoms with Crippen LogP contribution in [-0.4, -0.2) is 26.9 Å². The Balaban J connectivity index is 2.39. The van der Waals surface area contributed by atoms with Crippen LogP contribution in [0, 0.1) is 13.8 Å². The minimum atomic E-state index is -3.73. The lowest BCUT2D eigenvalue weighted by molar-refractivity contribution is 0.411. The molecule has 0 spiro atoms. The molecule has 3 aromatic rings. The van der Waals surface area contributed by atoms with Gasteiger partial charge in [0.1, 0.15) is 17.2 Å². The largest absolute Gasteiger partial charge is 0.506 e. The van der Waals surface area contributed by atoms with Crippen molar-refractivity contribution in [1.29, 1.82) is 0 Å². The fourth-order valence-corrected chi connectivity index (χ4v) is 4.62. The molecular formula is C20H20BrNO4S. The van der Waals surface area contributed by atoms with E-state index < -0.39 is 10.0 Å². The number of ether oxygens (including phenoxy) is 1. The van der Waals surface area contributed by atoms with Crippen molar-refractivity contribution < 1.29 is 18.3 Å². The fraction of sp³-hybridized carbons (Fsp3) is 0.200. The molecule has 0 aliphatic heterocycles. The standard InChI is InChI=1S/C20H20BrNO4S/c1-12-10-19(26-3)13(2)9-17(12)22(27(4,24)25)20-16-7-6-15(21)11-14(16)5-8-18(20)23/h5-11,23H,1-4H3. The summed E-state index contributed by atoms with van der Waals surface area (Å²) in [5.41, 5.74) is 2.22. The van der Waals surface area contributed by atoms with Crippen molar-refractivity contribution in [3.8, 4) is 11.5 Å². The molecule has 3 rings (SSSR count). The maximum absolute atomic E-state index is 12.8. The molecule has 0 aliphatic rings. The van der Waals surface area contributed by atoms with E-state index in [2.05, 4.69) is 15.9 Å². The van der Waals surface area contributed by atoms with Crippen molar-refractivity contribution in [2.24, 2.45) is 0 Å². The van der Waals surface area contributed by atoms with E-state index in [-0.39, 0.29) is 11.4 Å². The molecule has 7 heteroatoms. The van der Waals surface area contributed by atoms with Crippen LogP contribution in [0.2, 0.25) is 0 Å². The van der Waals surface area contributed by atoms with Crippen molar-refractivity contribution in [3.05, 3.63) is 58.1 Å². The zero-order valence-electron chi connectivity index (χ0n) is 15.4. The van der Waals surface area contributed by atoms with Gasteiger partial charge in [-0.15, -0.1) is 0 Å². The van der Waals surface area contributed by atoms with E-state index in [0.29, 0.717) is 16.8 Å². The Morgan fingerprint density at radius 1 is 1.04 bits per heavy atom. The van der Waals surface area contributed by atoms with Gasteiger partial charge in [0.25, 0.3) is 0 Å². The van der Waals surface area contributed by atoms with Gasteiger partial charge in [0.05, 0.1) is 19.1 Å². The first-order valence-corrected chi connectivity index (χ1v) is 10.8. The number of anilines is 2. The molecule has 0 fully saturated rings. The minimum Gasteiger partial charge on any atom is -0.506 e. The van der Waals surface area contributed by atoms with Crippen molar-refractivity contribution >= 4 is 48.1 Å². The molecule has 0 saturated carbocycles. The maximum atomic E-state index is 12.8. The highest BCUT2D eigenvalue weighted by Gasteiger charge is 2.27. The van der Waals surface area contributed by atoms with Gasteiger partial charge in [0.15, 0.2) is 0 Å². The van der Waals surface area contributed by atoms with Gasteiger partial charge in [0, 0.05) is 9.86 Å². The van der Waals surface area contributed by atoms with E-state index in [4.69, 9.17) is 4.74 Å². The molecular weight excluding hydrogens is 430 g/mol. The molecule has 0 saturated heterocycles. The Hall–Kier alpha value is -2.25. The predicted octanol–water partition coefficient (Wildman–Crippen LogP) is 5.03. The number of methoxy groups -OCH3 is 1. The molecule has 0 radical (unpaired) electrons. The van der Waals surface area contributed by atoms with E-state index >= 15 is 0 Å². The van der Waals surface area contributed by atoms with Crippen LogP contribution >= 0.6 is 15.9 Å². The number of sulfonamides is 1. The van der Waals surface area contributed by atoms with Crippen LogP contribution < -0.4 is 9.04 Å². The summed E-state index contributed by atoms with van der Waals surface area (Å²) in [4.78, 5) is 0. The summed E-state index contributed by atoms with van der Waals surface area (Å²) >= 11 is 3.43. The molecule has 3 aromatic carbocycles. The molecule has 0 unspecified atom stereocenters. The Morgan fingerprint density at radius 3 is 2.37 bits per heavy atom. The third-order valence-electron chi connectivity index (χ3n) is 4.40. The summed E-state index contributed by atoms with van der Waals surface area (Å²) in [7, 11) is -2.16. The topological polar surface area (TPSA) is 66.8 Å². The number of aromatic hydroxyl groups is 1. The van der Waals surface area contributed by atoms with Crippen LogP contribution in [0.4, 0.5) is 11.4 Å². The number of benzene rings is 3. The Kier molecular flexibility index (Phi) is 5.10. The molecule has 0 heterocycles. The van der Waals surface area contributed by atoms with Gasteiger partial charge in [0.2, 0.25) is 10.0 Å². The monoisotopic (exact) mass is 449 g/mol. The molecule has 0 atom stereocenters. The molecule has 5 nitrogen and oxygen atoms in total. The van der Waals surface area contributed by atoms with Crippen LogP contribution in [0.25, 0.3) is 10.8 Å². The highest BCUT2D eigenvalue weighted by atomic mass is 79.9. The van der Waals surface area contributed by atoms with Crippen molar-refractivity contribution in [2.75, 3.05) is 17.7 Å². The number of nitrogens with zero attached hydrogens (tertiary/aromatic N) is 1. The SMILES string of the molecule is COc1cc(C)c(N(c2c(O)ccc3cc(Br)ccc23)S(C)(=O)=O)cc1C. The summed E-state index contributed by atoms with van der Waals surface area (Å²) in [6, 6.07) is 12.3. The first kappa shape index (κ1) is 19.5. The minimum absolute atomic E-state index is 0.108. The number of rotatable bonds is 4. The molecule has 0 aliphatic carbocycles. The van der Waals surface area contributed by atoms with E-state index in [1.807, 2.05) is 26.0 Å². The second-order valence-electron chi connectivity index (χ2n) is 6.43. The summed E-state index contributed by atoms with van der Waals surface area (Å²) in [5.74, 6) is 0.568. The Labute approximate surface area is 167 Å². The van der Waals surface area contributed by atoms with Gasteiger partial charge in [-0.2, -0.15) is 0 Å². The lowest BCUT2D eigenvalue weighted by Crippen LogP contribution is -2.26. The number of aryl methyl sites for hydroxylation is 2. The van der Waals surface area contributed by atoms with Gasteiger partial charge < -0.3 is 9.84 Å². The molecule has 0 aromatic heterocycles. The zero-order valence-corrected chi connectivity index (χ0v) is 17.8. The summed E-state index contributed by atoms with van der Waals surface area (Å²) < 4.78 is 33.0. The van der Waals surface area contributed by atoms with E-state index in [9.17, 15) is 13.5 Å². The second kappa shape index (κ2) is 7.05. The maximum Gasteiger partial charge on any atom is 0.236 e. The summed E-state index contributed by atoms with van der Waals surface area (Å²) in [6.45, 7) is 3.66. The van der Waals surface area contributed by atoms with Gasteiger partial charge in [-0.25, -0.2) is 12.7 Å². The lowest BCUT2D eigenvalue weighted by Gasteiger charge is -2.27. The predicted molar refractivity (Wildman–Crippen MR) is 113 cm³/mol. The van der Waals surface area contributed by atoms with Crippen LogP contribution in [0.1, 0.15) is 11.1 Å². The number of halogens is 1. The zero-order chi connectivity index (χ0) is 19.9.